The lowest BCUT2D eigenvalue weighted by Crippen LogP contribution is -2.07. The number of pyridine rings is 1. The molecule has 0 saturated carbocycles. The highest BCUT2D eigenvalue weighted by Gasteiger charge is 2.02. The summed E-state index contributed by atoms with van der Waals surface area (Å²) in [5.41, 5.74) is 2.41. The van der Waals surface area contributed by atoms with Crippen LogP contribution in [0.25, 0.3) is 0 Å². The van der Waals surface area contributed by atoms with E-state index in [0.717, 1.165) is 11.4 Å². The van der Waals surface area contributed by atoms with Crippen molar-refractivity contribution < 1.29 is 4.74 Å². The molecule has 0 fully saturated rings. The molecule has 18 heavy (non-hydrogen) atoms. The van der Waals surface area contributed by atoms with Crippen LogP contribution >= 0.6 is 11.6 Å². The zero-order chi connectivity index (χ0) is 13.0. The first kappa shape index (κ1) is 12.9. The van der Waals surface area contributed by atoms with Gasteiger partial charge in [0.05, 0.1) is 6.10 Å². The summed E-state index contributed by atoms with van der Waals surface area (Å²) in [6.45, 7) is 3.99. The molecule has 0 atom stereocenters. The Balaban J connectivity index is 2.11. The molecule has 2 nitrogen and oxygen atoms in total. The third-order valence-electron chi connectivity index (χ3n) is 2.48. The Morgan fingerprint density at radius 1 is 1.11 bits per heavy atom. The highest BCUT2D eigenvalue weighted by molar-refractivity contribution is 6.30. The summed E-state index contributed by atoms with van der Waals surface area (Å²) in [5, 5.41) is 0.761. The Bertz CT molecular complexity index is 508. The van der Waals surface area contributed by atoms with Gasteiger partial charge in [-0.15, -0.1) is 0 Å². The van der Waals surface area contributed by atoms with E-state index in [2.05, 4.69) is 4.98 Å². The SMILES string of the molecule is CC(C)Oc1cc(Cc2ccc(Cl)cc2)ccn1. The summed E-state index contributed by atoms with van der Waals surface area (Å²) in [4.78, 5) is 4.19. The van der Waals surface area contributed by atoms with Crippen LogP contribution in [0, 0.1) is 0 Å². The van der Waals surface area contributed by atoms with Crippen LogP contribution in [0.5, 0.6) is 5.88 Å². The summed E-state index contributed by atoms with van der Waals surface area (Å²) in [5.74, 6) is 0.677. The van der Waals surface area contributed by atoms with Crippen molar-refractivity contribution in [3.05, 3.63) is 58.7 Å². The zero-order valence-electron chi connectivity index (χ0n) is 10.6. The molecule has 3 heteroatoms. The predicted molar refractivity (Wildman–Crippen MR) is 74.3 cm³/mol. The maximum Gasteiger partial charge on any atom is 0.213 e. The molecule has 0 aliphatic carbocycles. The Hall–Kier alpha value is -1.54. The van der Waals surface area contributed by atoms with E-state index >= 15 is 0 Å². The number of aromatic nitrogens is 1. The topological polar surface area (TPSA) is 22.1 Å². The van der Waals surface area contributed by atoms with Gasteiger partial charge in [-0.05, 0) is 49.6 Å². The lowest BCUT2D eigenvalue weighted by molar-refractivity contribution is 0.232. The summed E-state index contributed by atoms with van der Waals surface area (Å²) in [6, 6.07) is 11.9. The zero-order valence-corrected chi connectivity index (χ0v) is 11.3. The van der Waals surface area contributed by atoms with Crippen LogP contribution in [0.15, 0.2) is 42.6 Å². The number of rotatable bonds is 4. The van der Waals surface area contributed by atoms with Gasteiger partial charge in [-0.1, -0.05) is 23.7 Å². The van der Waals surface area contributed by atoms with Crippen molar-refractivity contribution in [3.8, 4) is 5.88 Å². The minimum atomic E-state index is 0.142. The quantitative estimate of drug-likeness (QED) is 0.826. The first-order valence-electron chi connectivity index (χ1n) is 5.99. The van der Waals surface area contributed by atoms with Gasteiger partial charge >= 0.3 is 0 Å². The fraction of sp³-hybridized carbons (Fsp3) is 0.267. The average Bonchev–Trinajstić information content (AvgIpc) is 2.32. The standard InChI is InChI=1S/C15H16ClNO/c1-11(2)18-15-10-13(7-8-17-15)9-12-3-5-14(16)6-4-12/h3-8,10-11H,9H2,1-2H3. The van der Waals surface area contributed by atoms with Crippen molar-refractivity contribution in [1.29, 1.82) is 0 Å². The molecule has 2 aromatic rings. The van der Waals surface area contributed by atoms with Gasteiger partial charge in [0.25, 0.3) is 0 Å². The Morgan fingerprint density at radius 2 is 1.83 bits per heavy atom. The molecule has 0 spiro atoms. The monoisotopic (exact) mass is 261 g/mol. The number of nitrogens with zero attached hydrogens (tertiary/aromatic N) is 1. The van der Waals surface area contributed by atoms with E-state index in [1.807, 2.05) is 50.2 Å². The molecule has 0 bridgehead atoms. The van der Waals surface area contributed by atoms with Crippen LogP contribution < -0.4 is 4.74 Å². The van der Waals surface area contributed by atoms with Crippen LogP contribution in [-0.4, -0.2) is 11.1 Å². The molecule has 0 aliphatic rings. The van der Waals surface area contributed by atoms with Gasteiger partial charge < -0.3 is 4.74 Å². The second kappa shape index (κ2) is 5.87. The second-order valence-corrected chi connectivity index (χ2v) is 4.91. The van der Waals surface area contributed by atoms with Gasteiger partial charge in [0.2, 0.25) is 5.88 Å². The van der Waals surface area contributed by atoms with Gasteiger partial charge in [0.1, 0.15) is 0 Å². The molecule has 1 heterocycles. The molecule has 0 saturated heterocycles. The molecule has 1 aromatic heterocycles. The van der Waals surface area contributed by atoms with Crippen molar-refractivity contribution >= 4 is 11.6 Å². The van der Waals surface area contributed by atoms with Crippen LogP contribution in [0.1, 0.15) is 25.0 Å². The normalized spacial score (nSPS) is 10.7. The minimum Gasteiger partial charge on any atom is -0.475 e. The maximum absolute atomic E-state index is 5.87. The third kappa shape index (κ3) is 3.74. The van der Waals surface area contributed by atoms with Crippen molar-refractivity contribution in [2.45, 2.75) is 26.4 Å². The fourth-order valence-corrected chi connectivity index (χ4v) is 1.83. The Labute approximate surface area is 113 Å². The van der Waals surface area contributed by atoms with E-state index in [1.165, 1.54) is 11.1 Å². The van der Waals surface area contributed by atoms with Gasteiger partial charge in [0, 0.05) is 17.3 Å². The Morgan fingerprint density at radius 3 is 2.50 bits per heavy atom. The van der Waals surface area contributed by atoms with Crippen molar-refractivity contribution in [1.82, 2.24) is 4.98 Å². The first-order valence-corrected chi connectivity index (χ1v) is 6.37. The van der Waals surface area contributed by atoms with Gasteiger partial charge in [-0.3, -0.25) is 0 Å². The maximum atomic E-state index is 5.87. The van der Waals surface area contributed by atoms with Crippen LogP contribution in [0.2, 0.25) is 5.02 Å². The smallest absolute Gasteiger partial charge is 0.213 e. The van der Waals surface area contributed by atoms with E-state index in [-0.39, 0.29) is 6.10 Å². The number of halogens is 1. The summed E-state index contributed by atoms with van der Waals surface area (Å²) in [7, 11) is 0. The molecular formula is C15H16ClNO. The van der Waals surface area contributed by atoms with E-state index in [4.69, 9.17) is 16.3 Å². The number of hydrogen-bond donors (Lipinski definition) is 0. The van der Waals surface area contributed by atoms with Gasteiger partial charge in [0.15, 0.2) is 0 Å². The van der Waals surface area contributed by atoms with Crippen LogP contribution in [0.3, 0.4) is 0 Å². The highest BCUT2D eigenvalue weighted by atomic mass is 35.5. The average molecular weight is 262 g/mol. The molecule has 0 aliphatic heterocycles. The second-order valence-electron chi connectivity index (χ2n) is 4.47. The van der Waals surface area contributed by atoms with Gasteiger partial charge in [-0.2, -0.15) is 0 Å². The summed E-state index contributed by atoms with van der Waals surface area (Å²) < 4.78 is 5.58. The molecule has 2 rings (SSSR count). The number of ether oxygens (including phenoxy) is 1. The van der Waals surface area contributed by atoms with E-state index in [9.17, 15) is 0 Å². The lowest BCUT2D eigenvalue weighted by atomic mass is 10.1. The predicted octanol–water partition coefficient (Wildman–Crippen LogP) is 4.11. The summed E-state index contributed by atoms with van der Waals surface area (Å²) in [6.07, 6.45) is 2.78. The minimum absolute atomic E-state index is 0.142. The molecule has 0 amide bonds. The number of benzene rings is 1. The fourth-order valence-electron chi connectivity index (χ4n) is 1.70. The van der Waals surface area contributed by atoms with Crippen molar-refractivity contribution in [3.63, 3.8) is 0 Å². The van der Waals surface area contributed by atoms with E-state index in [0.29, 0.717) is 5.88 Å². The molecular weight excluding hydrogens is 246 g/mol. The molecule has 1 aromatic carbocycles. The van der Waals surface area contributed by atoms with Crippen LogP contribution in [-0.2, 0) is 6.42 Å². The van der Waals surface area contributed by atoms with Gasteiger partial charge in [-0.25, -0.2) is 4.98 Å². The van der Waals surface area contributed by atoms with Crippen molar-refractivity contribution in [2.24, 2.45) is 0 Å². The highest BCUT2D eigenvalue weighted by Crippen LogP contribution is 2.16. The largest absolute Gasteiger partial charge is 0.475 e. The molecule has 94 valence electrons. The third-order valence-corrected chi connectivity index (χ3v) is 2.73. The molecule has 0 unspecified atom stereocenters. The molecule has 0 N–H and O–H groups in total. The van der Waals surface area contributed by atoms with Crippen molar-refractivity contribution in [2.75, 3.05) is 0 Å². The lowest BCUT2D eigenvalue weighted by Gasteiger charge is -2.09. The molecule has 0 radical (unpaired) electrons. The summed E-state index contributed by atoms with van der Waals surface area (Å²) >= 11 is 5.87. The van der Waals surface area contributed by atoms with E-state index in [1.54, 1.807) is 6.20 Å². The van der Waals surface area contributed by atoms with E-state index < -0.39 is 0 Å². The first-order chi connectivity index (χ1) is 8.63. The Kier molecular flexibility index (Phi) is 4.21. The number of hydrogen-bond acceptors (Lipinski definition) is 2. The van der Waals surface area contributed by atoms with Crippen LogP contribution in [0.4, 0.5) is 0 Å².